The fraction of sp³-hybridized carbons (Fsp3) is 0.706. The van der Waals surface area contributed by atoms with Crippen molar-refractivity contribution < 1.29 is 0 Å². The van der Waals surface area contributed by atoms with E-state index in [1.807, 2.05) is 12.4 Å². The van der Waals surface area contributed by atoms with Crippen molar-refractivity contribution >= 4 is 5.69 Å². The van der Waals surface area contributed by atoms with Gasteiger partial charge in [0.05, 0.1) is 0 Å². The second-order valence-corrected chi connectivity index (χ2v) is 6.63. The minimum absolute atomic E-state index is 0.518. The molecule has 0 spiro atoms. The van der Waals surface area contributed by atoms with E-state index in [1.165, 1.54) is 49.9 Å². The average molecular weight is 273 g/mol. The molecule has 1 N–H and O–H groups in total. The van der Waals surface area contributed by atoms with Crippen LogP contribution in [0.15, 0.2) is 18.5 Å². The monoisotopic (exact) mass is 273 g/mol. The highest BCUT2D eigenvalue weighted by molar-refractivity contribution is 5.54. The van der Waals surface area contributed by atoms with Gasteiger partial charge in [-0.3, -0.25) is 4.98 Å². The summed E-state index contributed by atoms with van der Waals surface area (Å²) in [5.74, 6) is 0.933. The molecule has 20 heavy (non-hydrogen) atoms. The van der Waals surface area contributed by atoms with E-state index in [1.54, 1.807) is 0 Å². The molecule has 0 radical (unpaired) electrons. The van der Waals surface area contributed by atoms with Gasteiger partial charge in [0.1, 0.15) is 0 Å². The molecule has 0 bridgehead atoms. The van der Waals surface area contributed by atoms with Crippen LogP contribution in [-0.4, -0.2) is 23.6 Å². The maximum absolute atomic E-state index is 4.33. The summed E-state index contributed by atoms with van der Waals surface area (Å²) in [6.45, 7) is 6.55. The van der Waals surface area contributed by atoms with E-state index in [0.29, 0.717) is 6.04 Å². The third kappa shape index (κ3) is 2.83. The minimum Gasteiger partial charge on any atom is -0.368 e. The molecule has 3 heteroatoms. The number of fused-ring (bicyclic) bond motifs is 1. The molecule has 1 saturated heterocycles. The third-order valence-electron chi connectivity index (χ3n) is 4.90. The van der Waals surface area contributed by atoms with E-state index in [9.17, 15) is 0 Å². The molecule has 2 atom stereocenters. The third-order valence-corrected chi connectivity index (χ3v) is 4.90. The largest absolute Gasteiger partial charge is 0.368 e. The van der Waals surface area contributed by atoms with Crippen LogP contribution in [0.25, 0.3) is 0 Å². The SMILES string of the molecule is CC(C)NCc1cnccc1N1CCC2CCCCC21. The fourth-order valence-corrected chi connectivity index (χ4v) is 3.86. The lowest BCUT2D eigenvalue weighted by molar-refractivity contribution is 0.342. The Morgan fingerprint density at radius 1 is 1.30 bits per heavy atom. The van der Waals surface area contributed by atoms with Crippen LogP contribution in [0.4, 0.5) is 5.69 Å². The summed E-state index contributed by atoms with van der Waals surface area (Å²) in [4.78, 5) is 7.00. The molecule has 2 aliphatic rings. The van der Waals surface area contributed by atoms with Gasteiger partial charge in [0.15, 0.2) is 0 Å². The van der Waals surface area contributed by atoms with Gasteiger partial charge in [0.25, 0.3) is 0 Å². The van der Waals surface area contributed by atoms with Crippen molar-refractivity contribution in [3.63, 3.8) is 0 Å². The number of hydrogen-bond acceptors (Lipinski definition) is 3. The molecule has 2 heterocycles. The standard InChI is InChI=1S/C17H27N3/c1-13(2)19-12-15-11-18-9-7-17(15)20-10-8-14-5-3-4-6-16(14)20/h7,9,11,13-14,16,19H,3-6,8,10,12H2,1-2H3. The van der Waals surface area contributed by atoms with Crippen molar-refractivity contribution in [3.05, 3.63) is 24.0 Å². The van der Waals surface area contributed by atoms with E-state index >= 15 is 0 Å². The highest BCUT2D eigenvalue weighted by Gasteiger charge is 2.36. The van der Waals surface area contributed by atoms with Crippen molar-refractivity contribution in [2.75, 3.05) is 11.4 Å². The Balaban J connectivity index is 1.79. The molecule has 110 valence electrons. The summed E-state index contributed by atoms with van der Waals surface area (Å²) in [5.41, 5.74) is 2.77. The van der Waals surface area contributed by atoms with Crippen LogP contribution in [-0.2, 0) is 6.54 Å². The van der Waals surface area contributed by atoms with Gasteiger partial charge < -0.3 is 10.2 Å². The van der Waals surface area contributed by atoms with Gasteiger partial charge in [-0.05, 0) is 31.2 Å². The first-order valence-electron chi connectivity index (χ1n) is 8.18. The quantitative estimate of drug-likeness (QED) is 0.912. The molecular formula is C17H27N3. The molecule has 3 nitrogen and oxygen atoms in total. The summed E-state index contributed by atoms with van der Waals surface area (Å²) < 4.78 is 0. The Morgan fingerprint density at radius 2 is 2.15 bits per heavy atom. The summed E-state index contributed by atoms with van der Waals surface area (Å²) >= 11 is 0. The van der Waals surface area contributed by atoms with Crippen molar-refractivity contribution in [2.45, 2.75) is 64.6 Å². The van der Waals surface area contributed by atoms with E-state index < -0.39 is 0 Å². The van der Waals surface area contributed by atoms with Crippen molar-refractivity contribution in [2.24, 2.45) is 5.92 Å². The van der Waals surface area contributed by atoms with Gasteiger partial charge in [0.2, 0.25) is 0 Å². The zero-order valence-corrected chi connectivity index (χ0v) is 12.8. The Bertz CT molecular complexity index is 444. The van der Waals surface area contributed by atoms with Crippen molar-refractivity contribution in [3.8, 4) is 0 Å². The lowest BCUT2D eigenvalue weighted by Gasteiger charge is -2.34. The maximum Gasteiger partial charge on any atom is 0.0445 e. The summed E-state index contributed by atoms with van der Waals surface area (Å²) in [7, 11) is 0. The van der Waals surface area contributed by atoms with Crippen molar-refractivity contribution in [1.29, 1.82) is 0 Å². The van der Waals surface area contributed by atoms with Gasteiger partial charge in [-0.2, -0.15) is 0 Å². The van der Waals surface area contributed by atoms with Crippen LogP contribution in [0.5, 0.6) is 0 Å². The van der Waals surface area contributed by atoms with E-state index in [0.717, 1.165) is 18.5 Å². The molecule has 1 saturated carbocycles. The first-order chi connectivity index (χ1) is 9.75. The number of aromatic nitrogens is 1. The second-order valence-electron chi connectivity index (χ2n) is 6.63. The normalized spacial score (nSPS) is 26.1. The Hall–Kier alpha value is -1.09. The van der Waals surface area contributed by atoms with Crippen LogP contribution in [0.3, 0.4) is 0 Å². The Labute approximate surface area is 122 Å². The first-order valence-corrected chi connectivity index (χ1v) is 8.18. The molecule has 0 amide bonds. The van der Waals surface area contributed by atoms with Gasteiger partial charge >= 0.3 is 0 Å². The zero-order chi connectivity index (χ0) is 13.9. The van der Waals surface area contributed by atoms with Gasteiger partial charge in [-0.1, -0.05) is 26.7 Å². The molecule has 1 aromatic heterocycles. The summed E-state index contributed by atoms with van der Waals surface area (Å²) in [6, 6.07) is 3.52. The smallest absolute Gasteiger partial charge is 0.0445 e. The Kier molecular flexibility index (Phi) is 4.25. The molecular weight excluding hydrogens is 246 g/mol. The molecule has 3 rings (SSSR count). The van der Waals surface area contributed by atoms with Crippen LogP contribution in [0, 0.1) is 5.92 Å². The highest BCUT2D eigenvalue weighted by atomic mass is 15.2. The number of rotatable bonds is 4. The van der Waals surface area contributed by atoms with E-state index in [-0.39, 0.29) is 0 Å². The highest BCUT2D eigenvalue weighted by Crippen LogP contribution is 2.39. The molecule has 2 unspecified atom stereocenters. The summed E-state index contributed by atoms with van der Waals surface area (Å²) in [5, 5.41) is 3.53. The van der Waals surface area contributed by atoms with Crippen LogP contribution >= 0.6 is 0 Å². The predicted octanol–water partition coefficient (Wildman–Crippen LogP) is 3.35. The van der Waals surface area contributed by atoms with Crippen LogP contribution in [0.2, 0.25) is 0 Å². The number of anilines is 1. The lowest BCUT2D eigenvalue weighted by Crippen LogP contribution is -2.35. The first kappa shape index (κ1) is 13.9. The van der Waals surface area contributed by atoms with Crippen LogP contribution < -0.4 is 10.2 Å². The van der Waals surface area contributed by atoms with Gasteiger partial charge in [-0.15, -0.1) is 0 Å². The second kappa shape index (κ2) is 6.13. The van der Waals surface area contributed by atoms with Gasteiger partial charge in [-0.25, -0.2) is 0 Å². The molecule has 2 fully saturated rings. The van der Waals surface area contributed by atoms with E-state index in [2.05, 4.69) is 35.1 Å². The van der Waals surface area contributed by atoms with Crippen molar-refractivity contribution in [1.82, 2.24) is 10.3 Å². The number of nitrogens with one attached hydrogen (secondary N) is 1. The number of hydrogen-bond donors (Lipinski definition) is 1. The topological polar surface area (TPSA) is 28.2 Å². The summed E-state index contributed by atoms with van der Waals surface area (Å²) in [6.07, 6.45) is 11.0. The fourth-order valence-electron chi connectivity index (χ4n) is 3.86. The van der Waals surface area contributed by atoms with Crippen LogP contribution in [0.1, 0.15) is 51.5 Å². The lowest BCUT2D eigenvalue weighted by atomic mass is 9.85. The predicted molar refractivity (Wildman–Crippen MR) is 83.9 cm³/mol. The molecule has 1 aliphatic carbocycles. The average Bonchev–Trinajstić information content (AvgIpc) is 2.89. The molecule has 0 aromatic carbocycles. The molecule has 1 aliphatic heterocycles. The van der Waals surface area contributed by atoms with Gasteiger partial charge in [0, 0.05) is 48.8 Å². The molecule has 1 aromatic rings. The zero-order valence-electron chi connectivity index (χ0n) is 12.8. The minimum atomic E-state index is 0.518. The maximum atomic E-state index is 4.33. The Morgan fingerprint density at radius 3 is 3.00 bits per heavy atom. The number of pyridine rings is 1. The number of nitrogens with zero attached hydrogens (tertiary/aromatic N) is 2. The van der Waals surface area contributed by atoms with E-state index in [4.69, 9.17) is 0 Å².